The van der Waals surface area contributed by atoms with Gasteiger partial charge in [0.2, 0.25) is 0 Å². The summed E-state index contributed by atoms with van der Waals surface area (Å²) in [5, 5.41) is 0.772. The zero-order valence-electron chi connectivity index (χ0n) is 12.3. The zero-order valence-corrected chi connectivity index (χ0v) is 13.8. The lowest BCUT2D eigenvalue weighted by Crippen LogP contribution is -2.34. The van der Waals surface area contributed by atoms with Crippen molar-refractivity contribution in [2.24, 2.45) is 0 Å². The first kappa shape index (κ1) is 16.8. The molecule has 1 unspecified atom stereocenters. The third kappa shape index (κ3) is 4.96. The molecule has 0 aromatic heterocycles. The lowest BCUT2D eigenvalue weighted by atomic mass is 10.1. The summed E-state index contributed by atoms with van der Waals surface area (Å²) in [4.78, 5) is 14.4. The first-order valence-electron chi connectivity index (χ1n) is 7.35. The van der Waals surface area contributed by atoms with Crippen LogP contribution >= 0.6 is 23.2 Å². The average molecular weight is 330 g/mol. The van der Waals surface area contributed by atoms with Crippen LogP contribution in [0, 0.1) is 0 Å². The molecule has 1 aromatic carbocycles. The molecule has 1 aliphatic rings. The van der Waals surface area contributed by atoms with Crippen molar-refractivity contribution in [3.8, 4) is 0 Å². The monoisotopic (exact) mass is 329 g/mol. The number of rotatable bonds is 6. The third-order valence-corrected chi connectivity index (χ3v) is 4.58. The minimum Gasteiger partial charge on any atom is -0.377 e. The van der Waals surface area contributed by atoms with Gasteiger partial charge in [-0.2, -0.15) is 0 Å². The maximum Gasteiger partial charge on any atom is 0.165 e. The number of ketones is 1. The van der Waals surface area contributed by atoms with Crippen LogP contribution in [-0.2, 0) is 4.74 Å². The highest BCUT2D eigenvalue weighted by Gasteiger charge is 2.17. The Hall–Kier alpha value is -0.610. The van der Waals surface area contributed by atoms with Crippen LogP contribution in [0.25, 0.3) is 0 Å². The Morgan fingerprint density at radius 3 is 2.90 bits per heavy atom. The number of benzene rings is 1. The van der Waals surface area contributed by atoms with Gasteiger partial charge in [-0.3, -0.25) is 4.79 Å². The van der Waals surface area contributed by atoms with Gasteiger partial charge in [0.25, 0.3) is 0 Å². The fourth-order valence-electron chi connectivity index (χ4n) is 2.54. The van der Waals surface area contributed by atoms with E-state index < -0.39 is 0 Å². The topological polar surface area (TPSA) is 29.5 Å². The van der Waals surface area contributed by atoms with Crippen LogP contribution in [0.4, 0.5) is 0 Å². The van der Waals surface area contributed by atoms with Crippen LogP contribution in [0.5, 0.6) is 0 Å². The number of carbonyl (C=O) groups is 1. The molecule has 0 radical (unpaired) electrons. The quantitative estimate of drug-likeness (QED) is 0.737. The molecule has 3 nitrogen and oxygen atoms in total. The van der Waals surface area contributed by atoms with E-state index >= 15 is 0 Å². The Morgan fingerprint density at radius 1 is 1.38 bits per heavy atom. The predicted octanol–water partition coefficient (Wildman–Crippen LogP) is 4.07. The third-order valence-electron chi connectivity index (χ3n) is 3.76. The highest BCUT2D eigenvalue weighted by atomic mass is 35.5. The van der Waals surface area contributed by atoms with Crippen molar-refractivity contribution in [1.29, 1.82) is 0 Å². The second-order valence-electron chi connectivity index (χ2n) is 5.53. The molecule has 0 spiro atoms. The molecular weight excluding hydrogens is 309 g/mol. The molecule has 1 atom stereocenters. The first-order valence-corrected chi connectivity index (χ1v) is 8.11. The summed E-state index contributed by atoms with van der Waals surface area (Å²) in [6, 6.07) is 5.16. The number of hydrogen-bond acceptors (Lipinski definition) is 3. The predicted molar refractivity (Wildman–Crippen MR) is 86.5 cm³/mol. The van der Waals surface area contributed by atoms with E-state index in [1.807, 2.05) is 7.05 Å². The van der Waals surface area contributed by atoms with Crippen molar-refractivity contribution in [3.05, 3.63) is 33.8 Å². The molecule has 1 aromatic rings. The summed E-state index contributed by atoms with van der Waals surface area (Å²) < 4.78 is 5.71. The van der Waals surface area contributed by atoms with E-state index in [9.17, 15) is 4.79 Å². The van der Waals surface area contributed by atoms with Crippen molar-refractivity contribution in [3.63, 3.8) is 0 Å². The van der Waals surface area contributed by atoms with Gasteiger partial charge in [-0.1, -0.05) is 29.3 Å². The van der Waals surface area contributed by atoms with Gasteiger partial charge in [-0.25, -0.2) is 0 Å². The molecule has 0 aliphatic carbocycles. The van der Waals surface area contributed by atoms with Crippen molar-refractivity contribution in [2.45, 2.75) is 31.8 Å². The van der Waals surface area contributed by atoms with Crippen LogP contribution in [0.1, 0.15) is 36.0 Å². The molecule has 21 heavy (non-hydrogen) atoms. The largest absolute Gasteiger partial charge is 0.377 e. The number of carbonyl (C=O) groups excluding carboxylic acids is 1. The molecule has 0 N–H and O–H groups in total. The Balaban J connectivity index is 1.81. The van der Waals surface area contributed by atoms with E-state index in [0.717, 1.165) is 26.0 Å². The Labute approximate surface area is 136 Å². The summed E-state index contributed by atoms with van der Waals surface area (Å²) in [5.41, 5.74) is 0.506. The van der Waals surface area contributed by atoms with Gasteiger partial charge in [-0.15, -0.1) is 0 Å². The molecule has 0 bridgehead atoms. The van der Waals surface area contributed by atoms with Gasteiger partial charge in [-0.05, 0) is 38.4 Å². The molecule has 116 valence electrons. The van der Waals surface area contributed by atoms with Gasteiger partial charge in [0, 0.05) is 31.7 Å². The number of ether oxygens (including phenoxy) is 1. The highest BCUT2D eigenvalue weighted by molar-refractivity contribution is 6.43. The van der Waals surface area contributed by atoms with E-state index in [0.29, 0.717) is 34.7 Å². The highest BCUT2D eigenvalue weighted by Crippen LogP contribution is 2.26. The fraction of sp³-hybridized carbons (Fsp3) is 0.562. The van der Waals surface area contributed by atoms with E-state index in [-0.39, 0.29) is 5.78 Å². The van der Waals surface area contributed by atoms with E-state index in [1.54, 1.807) is 18.2 Å². The van der Waals surface area contributed by atoms with Gasteiger partial charge in [0.15, 0.2) is 5.78 Å². The second-order valence-corrected chi connectivity index (χ2v) is 6.31. The smallest absolute Gasteiger partial charge is 0.165 e. The van der Waals surface area contributed by atoms with Crippen LogP contribution < -0.4 is 0 Å². The Morgan fingerprint density at radius 2 is 2.19 bits per heavy atom. The molecular formula is C16H21Cl2NO2. The molecule has 5 heteroatoms. The van der Waals surface area contributed by atoms with Gasteiger partial charge in [0.05, 0.1) is 16.1 Å². The molecule has 1 aliphatic heterocycles. The molecule has 1 fully saturated rings. The SMILES string of the molecule is CN(CCC(=O)c1cccc(Cl)c1Cl)CC1CCCCO1. The van der Waals surface area contributed by atoms with Crippen molar-refractivity contribution < 1.29 is 9.53 Å². The van der Waals surface area contributed by atoms with E-state index in [2.05, 4.69) is 4.90 Å². The lowest BCUT2D eigenvalue weighted by Gasteiger charge is -2.27. The summed E-state index contributed by atoms with van der Waals surface area (Å²) >= 11 is 12.0. The minimum atomic E-state index is 0.0268. The summed E-state index contributed by atoms with van der Waals surface area (Å²) in [6.45, 7) is 2.42. The maximum absolute atomic E-state index is 12.2. The van der Waals surface area contributed by atoms with Crippen LogP contribution in [0.2, 0.25) is 10.0 Å². The summed E-state index contributed by atoms with van der Waals surface area (Å²) in [6.07, 6.45) is 4.23. The Bertz CT molecular complexity index is 487. The fourth-order valence-corrected chi connectivity index (χ4v) is 2.94. The molecule has 2 rings (SSSR count). The molecule has 1 saturated heterocycles. The van der Waals surface area contributed by atoms with E-state index in [4.69, 9.17) is 27.9 Å². The normalized spacial score (nSPS) is 19.0. The number of Topliss-reactive ketones (excluding diaryl/α,β-unsaturated/α-hetero) is 1. The summed E-state index contributed by atoms with van der Waals surface area (Å²) in [7, 11) is 2.02. The summed E-state index contributed by atoms with van der Waals surface area (Å²) in [5.74, 6) is 0.0268. The van der Waals surface area contributed by atoms with E-state index in [1.165, 1.54) is 6.42 Å². The van der Waals surface area contributed by atoms with Crippen molar-refractivity contribution >= 4 is 29.0 Å². The molecule has 0 saturated carbocycles. The Kier molecular flexibility index (Phi) is 6.49. The average Bonchev–Trinajstić information content (AvgIpc) is 2.48. The van der Waals surface area contributed by atoms with Gasteiger partial charge < -0.3 is 9.64 Å². The molecule has 0 amide bonds. The van der Waals surface area contributed by atoms with Gasteiger partial charge >= 0.3 is 0 Å². The number of hydrogen-bond donors (Lipinski definition) is 0. The van der Waals surface area contributed by atoms with Crippen molar-refractivity contribution in [2.75, 3.05) is 26.7 Å². The second kappa shape index (κ2) is 8.14. The maximum atomic E-state index is 12.2. The van der Waals surface area contributed by atoms with Crippen molar-refractivity contribution in [1.82, 2.24) is 4.90 Å². The van der Waals surface area contributed by atoms with Crippen LogP contribution in [0.3, 0.4) is 0 Å². The molecule has 1 heterocycles. The number of halogens is 2. The van der Waals surface area contributed by atoms with Crippen LogP contribution in [0.15, 0.2) is 18.2 Å². The minimum absolute atomic E-state index is 0.0268. The number of likely N-dealkylation sites (N-methyl/N-ethyl adjacent to an activating group) is 1. The van der Waals surface area contributed by atoms with Gasteiger partial charge in [0.1, 0.15) is 0 Å². The first-order chi connectivity index (χ1) is 10.1. The van der Waals surface area contributed by atoms with Crippen LogP contribution in [-0.4, -0.2) is 43.5 Å². The standard InChI is InChI=1S/C16H21Cl2NO2/c1-19(11-12-5-2-3-10-21-12)9-8-15(20)13-6-4-7-14(17)16(13)18/h4,6-7,12H,2-3,5,8-11H2,1H3. The number of nitrogens with zero attached hydrogens (tertiary/aromatic N) is 1. The lowest BCUT2D eigenvalue weighted by molar-refractivity contribution is -0.00144. The zero-order chi connectivity index (χ0) is 15.2.